The normalized spacial score (nSPS) is 12.6. The summed E-state index contributed by atoms with van der Waals surface area (Å²) < 4.78 is 18.6. The van der Waals surface area contributed by atoms with Crippen molar-refractivity contribution in [3.63, 3.8) is 0 Å². The van der Waals surface area contributed by atoms with Crippen molar-refractivity contribution in [1.29, 1.82) is 0 Å². The topological polar surface area (TPSA) is 64.9 Å². The zero-order valence-electron chi connectivity index (χ0n) is 11.2. The van der Waals surface area contributed by atoms with Gasteiger partial charge in [-0.25, -0.2) is 4.39 Å². The van der Waals surface area contributed by atoms with Crippen LogP contribution in [0.25, 0.3) is 11.4 Å². The summed E-state index contributed by atoms with van der Waals surface area (Å²) in [6, 6.07) is 5.09. The van der Waals surface area contributed by atoms with Gasteiger partial charge in [-0.1, -0.05) is 17.3 Å². The van der Waals surface area contributed by atoms with Crippen molar-refractivity contribution in [3.8, 4) is 11.4 Å². The van der Waals surface area contributed by atoms with Crippen LogP contribution in [-0.2, 0) is 6.42 Å². The standard InChI is InChI=1S/C14H18FN3O/c1-9-6-7-11(8-12(9)15)14-17-13(19-18-14)5-3-4-10(2)16/h6-8,10H,3-5,16H2,1-2H3. The molecule has 0 saturated heterocycles. The summed E-state index contributed by atoms with van der Waals surface area (Å²) in [5.41, 5.74) is 6.91. The van der Waals surface area contributed by atoms with E-state index in [-0.39, 0.29) is 11.9 Å². The highest BCUT2D eigenvalue weighted by Crippen LogP contribution is 2.19. The van der Waals surface area contributed by atoms with Crippen molar-refractivity contribution in [3.05, 3.63) is 35.5 Å². The molecule has 1 atom stereocenters. The van der Waals surface area contributed by atoms with Crippen LogP contribution in [0.5, 0.6) is 0 Å². The fraction of sp³-hybridized carbons (Fsp3) is 0.429. The van der Waals surface area contributed by atoms with E-state index in [1.165, 1.54) is 6.07 Å². The molecule has 0 radical (unpaired) electrons. The van der Waals surface area contributed by atoms with Crippen molar-refractivity contribution < 1.29 is 8.91 Å². The Bertz CT molecular complexity index is 551. The molecule has 2 aromatic rings. The first kappa shape index (κ1) is 13.7. The lowest BCUT2D eigenvalue weighted by molar-refractivity contribution is 0.373. The third-order valence-corrected chi connectivity index (χ3v) is 2.95. The van der Waals surface area contributed by atoms with Gasteiger partial charge in [-0.3, -0.25) is 0 Å². The van der Waals surface area contributed by atoms with E-state index < -0.39 is 0 Å². The second-order valence-corrected chi connectivity index (χ2v) is 4.85. The van der Waals surface area contributed by atoms with Gasteiger partial charge in [-0.15, -0.1) is 0 Å². The molecule has 5 heteroatoms. The fourth-order valence-corrected chi connectivity index (χ4v) is 1.78. The van der Waals surface area contributed by atoms with Gasteiger partial charge in [0.05, 0.1) is 0 Å². The van der Waals surface area contributed by atoms with E-state index in [2.05, 4.69) is 10.1 Å². The molecule has 1 aromatic carbocycles. The predicted molar refractivity (Wildman–Crippen MR) is 71.0 cm³/mol. The Labute approximate surface area is 111 Å². The van der Waals surface area contributed by atoms with Crippen molar-refractivity contribution in [2.75, 3.05) is 0 Å². The SMILES string of the molecule is Cc1ccc(-c2noc(CCCC(C)N)n2)cc1F. The highest BCUT2D eigenvalue weighted by Gasteiger charge is 2.10. The summed E-state index contributed by atoms with van der Waals surface area (Å²) in [5.74, 6) is 0.729. The number of aryl methyl sites for hydroxylation is 2. The number of nitrogens with two attached hydrogens (primary N) is 1. The average Bonchev–Trinajstić information content (AvgIpc) is 2.81. The summed E-state index contributed by atoms with van der Waals surface area (Å²) in [5, 5.41) is 3.87. The van der Waals surface area contributed by atoms with E-state index in [0.29, 0.717) is 29.3 Å². The Morgan fingerprint density at radius 3 is 2.89 bits per heavy atom. The Morgan fingerprint density at radius 2 is 2.21 bits per heavy atom. The zero-order valence-corrected chi connectivity index (χ0v) is 11.2. The Balaban J connectivity index is 2.05. The molecule has 1 heterocycles. The first-order valence-electron chi connectivity index (χ1n) is 6.41. The van der Waals surface area contributed by atoms with Crippen LogP contribution in [-0.4, -0.2) is 16.2 Å². The van der Waals surface area contributed by atoms with E-state index in [1.807, 2.05) is 6.92 Å². The molecule has 1 aromatic heterocycles. The summed E-state index contributed by atoms with van der Waals surface area (Å²) in [4.78, 5) is 4.26. The van der Waals surface area contributed by atoms with Gasteiger partial charge in [0.15, 0.2) is 0 Å². The molecule has 0 spiro atoms. The first-order valence-corrected chi connectivity index (χ1v) is 6.41. The molecule has 0 saturated carbocycles. The number of hydrogen-bond donors (Lipinski definition) is 1. The van der Waals surface area contributed by atoms with Crippen LogP contribution in [0.1, 0.15) is 31.2 Å². The van der Waals surface area contributed by atoms with E-state index in [9.17, 15) is 4.39 Å². The molecule has 0 fully saturated rings. The second-order valence-electron chi connectivity index (χ2n) is 4.85. The molecule has 0 bridgehead atoms. The average molecular weight is 263 g/mol. The molecule has 2 rings (SSSR count). The smallest absolute Gasteiger partial charge is 0.226 e. The maximum absolute atomic E-state index is 13.5. The number of nitrogens with zero attached hydrogens (tertiary/aromatic N) is 2. The quantitative estimate of drug-likeness (QED) is 0.900. The predicted octanol–water partition coefficient (Wildman–Crippen LogP) is 2.85. The van der Waals surface area contributed by atoms with Gasteiger partial charge >= 0.3 is 0 Å². The molecule has 19 heavy (non-hydrogen) atoms. The molecular formula is C14H18FN3O. The maximum atomic E-state index is 13.5. The van der Waals surface area contributed by atoms with Crippen LogP contribution in [0.15, 0.2) is 22.7 Å². The lowest BCUT2D eigenvalue weighted by Crippen LogP contribution is -2.14. The van der Waals surface area contributed by atoms with Crippen LogP contribution >= 0.6 is 0 Å². The van der Waals surface area contributed by atoms with Crippen molar-refractivity contribution >= 4 is 0 Å². The maximum Gasteiger partial charge on any atom is 0.226 e. The summed E-state index contributed by atoms with van der Waals surface area (Å²) >= 11 is 0. The van der Waals surface area contributed by atoms with Crippen LogP contribution in [0.2, 0.25) is 0 Å². The third kappa shape index (κ3) is 3.61. The molecule has 102 valence electrons. The number of halogens is 1. The molecule has 2 N–H and O–H groups in total. The van der Waals surface area contributed by atoms with Gasteiger partial charge in [0.2, 0.25) is 11.7 Å². The van der Waals surface area contributed by atoms with Gasteiger partial charge in [-0.2, -0.15) is 4.98 Å². The second kappa shape index (κ2) is 5.93. The minimum absolute atomic E-state index is 0.175. The van der Waals surface area contributed by atoms with Gasteiger partial charge in [0.25, 0.3) is 0 Å². The summed E-state index contributed by atoms with van der Waals surface area (Å²) in [6.07, 6.45) is 2.52. The van der Waals surface area contributed by atoms with Crippen LogP contribution in [0, 0.1) is 12.7 Å². The number of rotatable bonds is 5. The van der Waals surface area contributed by atoms with Crippen molar-refractivity contribution in [1.82, 2.24) is 10.1 Å². The van der Waals surface area contributed by atoms with Crippen LogP contribution in [0.4, 0.5) is 4.39 Å². The molecular weight excluding hydrogens is 245 g/mol. The first-order chi connectivity index (χ1) is 9.06. The van der Waals surface area contributed by atoms with E-state index in [4.69, 9.17) is 10.3 Å². The van der Waals surface area contributed by atoms with Crippen molar-refractivity contribution in [2.45, 2.75) is 39.2 Å². The minimum Gasteiger partial charge on any atom is -0.339 e. The molecule has 4 nitrogen and oxygen atoms in total. The van der Waals surface area contributed by atoms with Gasteiger partial charge in [-0.05, 0) is 38.3 Å². The van der Waals surface area contributed by atoms with E-state index >= 15 is 0 Å². The lowest BCUT2D eigenvalue weighted by atomic mass is 10.1. The molecule has 0 aliphatic heterocycles. The Kier molecular flexibility index (Phi) is 4.27. The molecule has 0 aliphatic rings. The Hall–Kier alpha value is -1.75. The summed E-state index contributed by atoms with van der Waals surface area (Å²) in [7, 11) is 0. The molecule has 0 amide bonds. The van der Waals surface area contributed by atoms with Crippen LogP contribution in [0.3, 0.4) is 0 Å². The highest BCUT2D eigenvalue weighted by atomic mass is 19.1. The minimum atomic E-state index is -0.263. The van der Waals surface area contributed by atoms with E-state index in [0.717, 1.165) is 12.8 Å². The van der Waals surface area contributed by atoms with Crippen LogP contribution < -0.4 is 5.73 Å². The van der Waals surface area contributed by atoms with Gasteiger partial charge < -0.3 is 10.3 Å². The monoisotopic (exact) mass is 263 g/mol. The highest BCUT2D eigenvalue weighted by molar-refractivity contribution is 5.54. The Morgan fingerprint density at radius 1 is 1.42 bits per heavy atom. The van der Waals surface area contributed by atoms with Gasteiger partial charge in [0, 0.05) is 18.0 Å². The summed E-state index contributed by atoms with van der Waals surface area (Å²) in [6.45, 7) is 3.68. The molecule has 1 unspecified atom stereocenters. The largest absolute Gasteiger partial charge is 0.339 e. The lowest BCUT2D eigenvalue weighted by Gasteiger charge is -2.01. The fourth-order valence-electron chi connectivity index (χ4n) is 1.78. The zero-order chi connectivity index (χ0) is 13.8. The van der Waals surface area contributed by atoms with E-state index in [1.54, 1.807) is 19.1 Å². The third-order valence-electron chi connectivity index (χ3n) is 2.95. The van der Waals surface area contributed by atoms with Gasteiger partial charge in [0.1, 0.15) is 5.82 Å². The molecule has 0 aliphatic carbocycles. The number of benzene rings is 1. The van der Waals surface area contributed by atoms with Crippen molar-refractivity contribution in [2.24, 2.45) is 5.73 Å². The number of aromatic nitrogens is 2. The number of hydrogen-bond acceptors (Lipinski definition) is 4.